The number of rotatable bonds is 30. The maximum Gasteiger partial charge on any atom is 0.243 e. The number of unbranched alkanes of at least 4 members (excludes halogenated alkanes) is 1. The van der Waals surface area contributed by atoms with E-state index in [1.165, 1.54) is 24.3 Å². The van der Waals surface area contributed by atoms with E-state index in [0.717, 1.165) is 0 Å². The minimum atomic E-state index is -1.38. The van der Waals surface area contributed by atoms with Crippen molar-refractivity contribution >= 4 is 53.2 Å². The van der Waals surface area contributed by atoms with Gasteiger partial charge in [0.05, 0.1) is 0 Å². The highest BCUT2D eigenvalue weighted by molar-refractivity contribution is 5.97. The third-order valence-corrected chi connectivity index (χ3v) is 9.75. The Morgan fingerprint density at radius 3 is 1.48 bits per heavy atom. The predicted molar refractivity (Wildman–Crippen MR) is 237 cm³/mol. The van der Waals surface area contributed by atoms with E-state index < -0.39 is 89.4 Å². The van der Waals surface area contributed by atoms with E-state index in [2.05, 4.69) is 37.2 Å². The first-order chi connectivity index (χ1) is 29.5. The lowest BCUT2D eigenvalue weighted by molar-refractivity contribution is -0.136. The van der Waals surface area contributed by atoms with Gasteiger partial charge in [0, 0.05) is 25.3 Å². The van der Waals surface area contributed by atoms with E-state index in [-0.39, 0.29) is 81.5 Å². The first-order valence-corrected chi connectivity index (χ1v) is 21.5. The van der Waals surface area contributed by atoms with Gasteiger partial charge in [0.25, 0.3) is 0 Å². The van der Waals surface area contributed by atoms with Crippen LogP contribution in [-0.4, -0.2) is 108 Å². The van der Waals surface area contributed by atoms with Crippen molar-refractivity contribution < 1.29 is 43.5 Å². The van der Waals surface area contributed by atoms with Gasteiger partial charge in [-0.3, -0.25) is 43.8 Å². The molecule has 6 atom stereocenters. The second-order valence-corrected chi connectivity index (χ2v) is 16.8. The summed E-state index contributed by atoms with van der Waals surface area (Å²) in [6, 6.07) is -1.44. The number of phenolic OH excluding ortho intramolecular Hbond substituents is 1. The molecule has 0 aromatic heterocycles. The summed E-state index contributed by atoms with van der Waals surface area (Å²) < 4.78 is 0. The zero-order valence-corrected chi connectivity index (χ0v) is 37.5. The standard InChI is InChI=1S/C42H72N12O9/c1-23(2)20-31(35(45)57)52-40(62)32(21-24(3)4)53-38(60)28(10-7-8-18-43)50-37(59)29(11-9-19-48-42(46)47)51-41(63)33(22-26-12-14-27(55)15-13-26)54-39(61)30(16-17-34(44)56)49-36(58)25(5)6/h12-15,23-25,28-33,55H,7-11,16-22,43H2,1-6H3,(H2,44,56)(H2,45,57)(H,49,58)(H,50,59)(H,51,63)(H,52,62)(H,53,60)(H,54,61)(H4,46,47,48)/t28-,29-,30-,31-,32-,33-/m0/s1. The molecule has 1 aromatic carbocycles. The predicted octanol–water partition coefficient (Wildman–Crippen LogP) is -1.27. The molecule has 0 aliphatic heterocycles. The van der Waals surface area contributed by atoms with Gasteiger partial charge in [-0.25, -0.2) is 0 Å². The lowest BCUT2D eigenvalue weighted by atomic mass is 9.99. The summed E-state index contributed by atoms with van der Waals surface area (Å²) in [5.41, 5.74) is 22.6. The summed E-state index contributed by atoms with van der Waals surface area (Å²) in [4.78, 5) is 106. The summed E-state index contributed by atoms with van der Waals surface area (Å²) >= 11 is 0. The Balaban J connectivity index is 3.58. The minimum Gasteiger partial charge on any atom is -0.508 e. The lowest BCUT2D eigenvalue weighted by Crippen LogP contribution is -2.60. The molecule has 0 saturated carbocycles. The van der Waals surface area contributed by atoms with Gasteiger partial charge in [-0.2, -0.15) is 0 Å². The van der Waals surface area contributed by atoms with E-state index >= 15 is 0 Å². The average Bonchev–Trinajstić information content (AvgIpc) is 3.19. The summed E-state index contributed by atoms with van der Waals surface area (Å²) in [5, 5.41) is 36.0. The molecule has 1 aromatic rings. The molecule has 0 spiro atoms. The molecule has 21 heteroatoms. The number of phenols is 1. The highest BCUT2D eigenvalue weighted by Crippen LogP contribution is 2.14. The fourth-order valence-corrected chi connectivity index (χ4v) is 6.31. The smallest absolute Gasteiger partial charge is 0.243 e. The van der Waals surface area contributed by atoms with Crippen molar-refractivity contribution in [2.75, 3.05) is 13.1 Å². The van der Waals surface area contributed by atoms with Gasteiger partial charge < -0.3 is 65.3 Å². The van der Waals surface area contributed by atoms with Gasteiger partial charge in [-0.05, 0) is 87.4 Å². The number of carbonyl (C=O) groups excluding carboxylic acids is 8. The molecule has 0 aliphatic rings. The van der Waals surface area contributed by atoms with Gasteiger partial charge in [0.2, 0.25) is 47.3 Å². The largest absolute Gasteiger partial charge is 0.508 e. The Bertz CT molecular complexity index is 1690. The zero-order chi connectivity index (χ0) is 47.8. The van der Waals surface area contributed by atoms with E-state index in [4.69, 9.17) is 28.3 Å². The van der Waals surface area contributed by atoms with Crippen LogP contribution in [0, 0.1) is 23.2 Å². The number of nitrogens with one attached hydrogen (secondary N) is 8. The van der Waals surface area contributed by atoms with E-state index in [9.17, 15) is 43.5 Å². The van der Waals surface area contributed by atoms with Crippen LogP contribution >= 0.6 is 0 Å². The molecule has 63 heavy (non-hydrogen) atoms. The molecule has 0 radical (unpaired) electrons. The van der Waals surface area contributed by atoms with E-state index in [1.807, 2.05) is 27.7 Å². The maximum absolute atomic E-state index is 14.2. The Kier molecular flexibility index (Phi) is 25.0. The number of hydrogen-bond acceptors (Lipinski definition) is 11. The summed E-state index contributed by atoms with van der Waals surface area (Å²) in [6.07, 6.45) is 1.06. The number of amides is 8. The molecule has 0 bridgehead atoms. The zero-order valence-electron chi connectivity index (χ0n) is 37.5. The molecule has 354 valence electrons. The fourth-order valence-electron chi connectivity index (χ4n) is 6.31. The molecule has 21 nitrogen and oxygen atoms in total. The number of carbonyl (C=O) groups is 8. The SMILES string of the molecule is CC(C)C[C@H](NC(=O)[C@H](CC(C)C)NC(=O)[C@H](CCCCN)NC(=O)[C@H](CCCNC(=N)N)NC(=O)[C@H](Cc1ccc(O)cc1)NC(=O)[C@H](CCC(N)=O)NC(=O)C(C)C)C(N)=O. The van der Waals surface area contributed by atoms with Crippen LogP contribution in [-0.2, 0) is 44.8 Å². The van der Waals surface area contributed by atoms with Gasteiger partial charge in [0.15, 0.2) is 5.96 Å². The van der Waals surface area contributed by atoms with Crippen molar-refractivity contribution in [3.05, 3.63) is 29.8 Å². The van der Waals surface area contributed by atoms with Crippen LogP contribution in [0.15, 0.2) is 24.3 Å². The van der Waals surface area contributed by atoms with Crippen LogP contribution in [0.25, 0.3) is 0 Å². The number of hydrogen-bond donors (Lipinski definition) is 13. The topological polar surface area (TPSA) is 369 Å². The van der Waals surface area contributed by atoms with Crippen LogP contribution in [0.4, 0.5) is 0 Å². The first kappa shape index (κ1) is 55.0. The number of aromatic hydroxyl groups is 1. The molecule has 0 saturated heterocycles. The number of benzene rings is 1. The normalized spacial score (nSPS) is 14.0. The van der Waals surface area contributed by atoms with E-state index in [0.29, 0.717) is 24.9 Å². The van der Waals surface area contributed by atoms with Crippen LogP contribution in [0.2, 0.25) is 0 Å². The molecule has 0 fully saturated rings. The molecule has 0 unspecified atom stereocenters. The van der Waals surface area contributed by atoms with Gasteiger partial charge >= 0.3 is 0 Å². The van der Waals surface area contributed by atoms with Crippen molar-refractivity contribution in [1.82, 2.24) is 37.2 Å². The lowest BCUT2D eigenvalue weighted by Gasteiger charge is -2.28. The molecule has 0 heterocycles. The average molecular weight is 889 g/mol. The summed E-state index contributed by atoms with van der Waals surface area (Å²) in [5.74, 6) is -6.63. The first-order valence-electron chi connectivity index (χ1n) is 21.5. The molecule has 1 rings (SSSR count). The van der Waals surface area contributed by atoms with Gasteiger partial charge in [0.1, 0.15) is 42.0 Å². The van der Waals surface area contributed by atoms with Crippen molar-refractivity contribution in [2.24, 2.45) is 40.7 Å². The third-order valence-electron chi connectivity index (χ3n) is 9.75. The Morgan fingerprint density at radius 1 is 0.571 bits per heavy atom. The molecule has 17 N–H and O–H groups in total. The Hall–Kier alpha value is -5.99. The highest BCUT2D eigenvalue weighted by atomic mass is 16.3. The van der Waals surface area contributed by atoms with Crippen molar-refractivity contribution in [3.8, 4) is 5.75 Å². The van der Waals surface area contributed by atoms with Crippen molar-refractivity contribution in [2.45, 2.75) is 142 Å². The van der Waals surface area contributed by atoms with Crippen LogP contribution in [0.1, 0.15) is 105 Å². The fraction of sp³-hybridized carbons (Fsp3) is 0.643. The minimum absolute atomic E-state index is 0.0247. The summed E-state index contributed by atoms with van der Waals surface area (Å²) in [7, 11) is 0. The van der Waals surface area contributed by atoms with Crippen LogP contribution in [0.3, 0.4) is 0 Å². The molecular formula is C42H72N12O9. The van der Waals surface area contributed by atoms with Crippen molar-refractivity contribution in [3.63, 3.8) is 0 Å². The van der Waals surface area contributed by atoms with Crippen molar-refractivity contribution in [1.29, 1.82) is 5.41 Å². The Morgan fingerprint density at radius 2 is 1.00 bits per heavy atom. The molecule has 0 aliphatic carbocycles. The van der Waals surface area contributed by atoms with Gasteiger partial charge in [-0.15, -0.1) is 0 Å². The number of primary amides is 2. The van der Waals surface area contributed by atoms with Crippen LogP contribution < -0.4 is 60.2 Å². The second-order valence-electron chi connectivity index (χ2n) is 16.8. The quantitative estimate of drug-likeness (QED) is 0.0245. The molecule has 8 amide bonds. The summed E-state index contributed by atoms with van der Waals surface area (Å²) in [6.45, 7) is 11.1. The number of guanidine groups is 1. The van der Waals surface area contributed by atoms with Gasteiger partial charge in [-0.1, -0.05) is 53.7 Å². The third kappa shape index (κ3) is 22.6. The van der Waals surface area contributed by atoms with E-state index in [1.54, 1.807) is 13.8 Å². The monoisotopic (exact) mass is 889 g/mol. The maximum atomic E-state index is 14.2. The highest BCUT2D eigenvalue weighted by Gasteiger charge is 2.34. The second kappa shape index (κ2) is 28.6. The number of nitrogens with two attached hydrogens (primary N) is 4. The molecular weight excluding hydrogens is 817 g/mol. The Labute approximate surface area is 370 Å². The van der Waals surface area contributed by atoms with Crippen LogP contribution in [0.5, 0.6) is 5.75 Å².